The average molecular weight is 201 g/mol. The lowest BCUT2D eigenvalue weighted by Crippen LogP contribution is -2.45. The Labute approximate surface area is 82.6 Å². The topological polar surface area (TPSA) is 66.8 Å². The predicted molar refractivity (Wildman–Crippen MR) is 48.7 cm³/mol. The molecule has 0 spiro atoms. The molecule has 1 rings (SSSR count). The summed E-state index contributed by atoms with van der Waals surface area (Å²) in [5, 5.41) is 8.94. The molecular formula is C9H15NO4. The number of carbonyl (C=O) groups is 2. The summed E-state index contributed by atoms with van der Waals surface area (Å²) in [6.07, 6.45) is 0.556. The molecule has 0 saturated carbocycles. The molecule has 0 aromatic carbocycles. The molecule has 5 nitrogen and oxygen atoms in total. The van der Waals surface area contributed by atoms with E-state index in [2.05, 4.69) is 4.74 Å². The highest BCUT2D eigenvalue weighted by atomic mass is 16.5. The number of aliphatic carboxylic acids is 1. The van der Waals surface area contributed by atoms with Crippen molar-refractivity contribution in [2.75, 3.05) is 27.2 Å². The molecule has 5 heteroatoms. The summed E-state index contributed by atoms with van der Waals surface area (Å²) in [5.74, 6) is -2.47. The fourth-order valence-corrected chi connectivity index (χ4v) is 1.80. The summed E-state index contributed by atoms with van der Waals surface area (Å²) in [6, 6.07) is 0. The highest BCUT2D eigenvalue weighted by molar-refractivity contribution is 5.81. The van der Waals surface area contributed by atoms with Crippen LogP contribution >= 0.6 is 0 Å². The Morgan fingerprint density at radius 2 is 2.07 bits per heavy atom. The number of methoxy groups -OCH3 is 1. The fraction of sp³-hybridized carbons (Fsp3) is 0.778. The highest BCUT2D eigenvalue weighted by Crippen LogP contribution is 2.24. The zero-order chi connectivity index (χ0) is 10.7. The monoisotopic (exact) mass is 201 g/mol. The third-order valence-corrected chi connectivity index (χ3v) is 2.64. The van der Waals surface area contributed by atoms with Crippen LogP contribution in [0.15, 0.2) is 0 Å². The maximum atomic E-state index is 11.3. The van der Waals surface area contributed by atoms with Crippen LogP contribution in [0.2, 0.25) is 0 Å². The number of nitrogens with zero attached hydrogens (tertiary/aromatic N) is 1. The van der Waals surface area contributed by atoms with Crippen LogP contribution in [0.1, 0.15) is 6.42 Å². The fourth-order valence-electron chi connectivity index (χ4n) is 1.80. The van der Waals surface area contributed by atoms with Crippen LogP contribution < -0.4 is 0 Å². The van der Waals surface area contributed by atoms with E-state index >= 15 is 0 Å². The van der Waals surface area contributed by atoms with E-state index in [1.807, 2.05) is 11.9 Å². The largest absolute Gasteiger partial charge is 0.481 e. The van der Waals surface area contributed by atoms with Crippen molar-refractivity contribution >= 4 is 11.9 Å². The average Bonchev–Trinajstić information content (AvgIpc) is 2.16. The van der Waals surface area contributed by atoms with Gasteiger partial charge in [0.1, 0.15) is 0 Å². The lowest BCUT2D eigenvalue weighted by Gasteiger charge is -2.32. The number of esters is 1. The molecule has 0 bridgehead atoms. The normalized spacial score (nSPS) is 28.4. The van der Waals surface area contributed by atoms with Gasteiger partial charge in [-0.05, 0) is 20.0 Å². The Morgan fingerprint density at radius 3 is 2.57 bits per heavy atom. The molecule has 0 radical (unpaired) electrons. The van der Waals surface area contributed by atoms with Crippen LogP contribution in [0, 0.1) is 11.8 Å². The van der Waals surface area contributed by atoms with Crippen LogP contribution in [0.3, 0.4) is 0 Å². The number of piperidine rings is 1. The summed E-state index contributed by atoms with van der Waals surface area (Å²) in [4.78, 5) is 24.1. The first kappa shape index (κ1) is 11.0. The first-order valence-corrected chi connectivity index (χ1v) is 4.55. The Morgan fingerprint density at radius 1 is 1.43 bits per heavy atom. The Hall–Kier alpha value is -1.10. The summed E-state index contributed by atoms with van der Waals surface area (Å²) in [6.45, 7) is 1.15. The van der Waals surface area contributed by atoms with Gasteiger partial charge in [0.15, 0.2) is 0 Å². The molecule has 1 fully saturated rings. The van der Waals surface area contributed by atoms with Gasteiger partial charge < -0.3 is 14.7 Å². The van der Waals surface area contributed by atoms with E-state index in [1.165, 1.54) is 7.11 Å². The predicted octanol–water partition coefficient (Wildman–Crippen LogP) is -0.188. The second-order valence-corrected chi connectivity index (χ2v) is 3.63. The highest BCUT2D eigenvalue weighted by Gasteiger charge is 2.38. The first-order chi connectivity index (χ1) is 6.56. The van der Waals surface area contributed by atoms with Crippen molar-refractivity contribution in [1.29, 1.82) is 0 Å². The number of likely N-dealkylation sites (tertiary alicyclic amines) is 1. The molecule has 0 aliphatic carbocycles. The van der Waals surface area contributed by atoms with Crippen LogP contribution in [-0.4, -0.2) is 49.2 Å². The number of hydrogen-bond donors (Lipinski definition) is 1. The van der Waals surface area contributed by atoms with Crippen molar-refractivity contribution < 1.29 is 19.4 Å². The molecule has 0 aromatic rings. The van der Waals surface area contributed by atoms with E-state index < -0.39 is 23.8 Å². The van der Waals surface area contributed by atoms with Gasteiger partial charge >= 0.3 is 11.9 Å². The van der Waals surface area contributed by atoms with Crippen molar-refractivity contribution in [3.05, 3.63) is 0 Å². The maximum absolute atomic E-state index is 11.3. The molecule has 14 heavy (non-hydrogen) atoms. The smallest absolute Gasteiger partial charge is 0.309 e. The standard InChI is InChI=1S/C9H15NO4/c1-10-4-3-6(9(13)14-2)7(5-10)8(11)12/h6-7H,3-5H2,1-2H3,(H,11,12)/t6-,7-/m1/s1. The van der Waals surface area contributed by atoms with Gasteiger partial charge in [-0.25, -0.2) is 0 Å². The molecular weight excluding hydrogens is 186 g/mol. The van der Waals surface area contributed by atoms with Gasteiger partial charge in [-0.1, -0.05) is 0 Å². The van der Waals surface area contributed by atoms with E-state index in [-0.39, 0.29) is 0 Å². The quantitative estimate of drug-likeness (QED) is 0.627. The molecule has 0 unspecified atom stereocenters. The van der Waals surface area contributed by atoms with Crippen molar-refractivity contribution in [2.24, 2.45) is 11.8 Å². The maximum Gasteiger partial charge on any atom is 0.309 e. The van der Waals surface area contributed by atoms with Gasteiger partial charge in [0.05, 0.1) is 18.9 Å². The molecule has 0 amide bonds. The van der Waals surface area contributed by atoms with Gasteiger partial charge in [0.2, 0.25) is 0 Å². The van der Waals surface area contributed by atoms with E-state index in [0.717, 1.165) is 6.54 Å². The van der Waals surface area contributed by atoms with E-state index in [9.17, 15) is 9.59 Å². The van der Waals surface area contributed by atoms with E-state index in [4.69, 9.17) is 5.11 Å². The Balaban J connectivity index is 2.72. The van der Waals surface area contributed by atoms with Crippen molar-refractivity contribution in [3.8, 4) is 0 Å². The molecule has 80 valence electrons. The number of carboxylic acids is 1. The van der Waals surface area contributed by atoms with Crippen LogP contribution in [0.4, 0.5) is 0 Å². The zero-order valence-corrected chi connectivity index (χ0v) is 8.40. The number of rotatable bonds is 2. The van der Waals surface area contributed by atoms with E-state index in [0.29, 0.717) is 13.0 Å². The number of ether oxygens (including phenoxy) is 1. The number of carbonyl (C=O) groups excluding carboxylic acids is 1. The minimum atomic E-state index is -0.924. The molecule has 1 aliphatic heterocycles. The molecule has 0 aromatic heterocycles. The van der Waals surface area contributed by atoms with Gasteiger partial charge in [0.25, 0.3) is 0 Å². The number of hydrogen-bond acceptors (Lipinski definition) is 4. The molecule has 2 atom stereocenters. The lowest BCUT2D eigenvalue weighted by atomic mass is 9.86. The van der Waals surface area contributed by atoms with Crippen molar-refractivity contribution in [2.45, 2.75) is 6.42 Å². The Kier molecular flexibility index (Phi) is 3.46. The third-order valence-electron chi connectivity index (χ3n) is 2.64. The van der Waals surface area contributed by atoms with Gasteiger partial charge in [-0.3, -0.25) is 9.59 Å². The first-order valence-electron chi connectivity index (χ1n) is 4.55. The van der Waals surface area contributed by atoms with Crippen LogP contribution in [0.25, 0.3) is 0 Å². The summed E-state index contributed by atoms with van der Waals surface area (Å²) < 4.78 is 4.58. The second-order valence-electron chi connectivity index (χ2n) is 3.63. The summed E-state index contributed by atoms with van der Waals surface area (Å²) >= 11 is 0. The summed E-state index contributed by atoms with van der Waals surface area (Å²) in [5.41, 5.74) is 0. The minimum Gasteiger partial charge on any atom is -0.481 e. The molecule has 1 heterocycles. The third kappa shape index (κ3) is 2.23. The molecule has 1 N–H and O–H groups in total. The molecule has 1 saturated heterocycles. The van der Waals surface area contributed by atoms with Crippen molar-refractivity contribution in [1.82, 2.24) is 4.90 Å². The van der Waals surface area contributed by atoms with Crippen LogP contribution in [-0.2, 0) is 14.3 Å². The minimum absolute atomic E-state index is 0.412. The van der Waals surface area contributed by atoms with Gasteiger partial charge in [-0.2, -0.15) is 0 Å². The lowest BCUT2D eigenvalue weighted by molar-refractivity contribution is -0.158. The zero-order valence-electron chi connectivity index (χ0n) is 8.40. The van der Waals surface area contributed by atoms with Crippen molar-refractivity contribution in [3.63, 3.8) is 0 Å². The van der Waals surface area contributed by atoms with Gasteiger partial charge in [-0.15, -0.1) is 0 Å². The molecule has 1 aliphatic rings. The Bertz CT molecular complexity index is 241. The number of carboxylic acid groups (broad SMARTS) is 1. The van der Waals surface area contributed by atoms with E-state index in [1.54, 1.807) is 0 Å². The van der Waals surface area contributed by atoms with Crippen LogP contribution in [0.5, 0.6) is 0 Å². The second kappa shape index (κ2) is 4.41. The SMILES string of the molecule is COC(=O)[C@@H]1CCN(C)C[C@H]1C(=O)O. The van der Waals surface area contributed by atoms with Gasteiger partial charge in [0, 0.05) is 6.54 Å². The summed E-state index contributed by atoms with van der Waals surface area (Å²) in [7, 11) is 3.14.